The summed E-state index contributed by atoms with van der Waals surface area (Å²) in [5.41, 5.74) is 0.181. The number of sulfonamides is 1. The van der Waals surface area contributed by atoms with Gasteiger partial charge in [-0.05, 0) is 56.2 Å². The van der Waals surface area contributed by atoms with E-state index >= 15 is 0 Å². The van der Waals surface area contributed by atoms with Gasteiger partial charge in [-0.3, -0.25) is 4.79 Å². The van der Waals surface area contributed by atoms with Gasteiger partial charge in [0, 0.05) is 31.4 Å². The number of aromatic nitrogens is 1. The van der Waals surface area contributed by atoms with E-state index in [0.29, 0.717) is 16.9 Å². The van der Waals surface area contributed by atoms with Crippen LogP contribution in [0.1, 0.15) is 30.5 Å². The minimum absolute atomic E-state index is 0.0225. The molecule has 2 aromatic rings. The van der Waals surface area contributed by atoms with Crippen LogP contribution in [-0.2, 0) is 27.4 Å². The van der Waals surface area contributed by atoms with Gasteiger partial charge in [0.2, 0.25) is 10.0 Å². The second kappa shape index (κ2) is 8.70. The first-order valence-corrected chi connectivity index (χ1v) is 11.4. The Labute approximate surface area is 184 Å². The van der Waals surface area contributed by atoms with Crippen LogP contribution in [0.4, 0.5) is 19.0 Å². The molecule has 1 aliphatic heterocycles. The number of anilines is 1. The molecule has 1 fully saturated rings. The maximum absolute atomic E-state index is 13.3. The number of hydrogen-bond acceptors (Lipinski definition) is 5. The Morgan fingerprint density at radius 2 is 1.78 bits per heavy atom. The lowest BCUT2D eigenvalue weighted by atomic mass is 10.1. The minimum atomic E-state index is -4.48. The van der Waals surface area contributed by atoms with Crippen molar-refractivity contribution in [2.24, 2.45) is 0 Å². The smallest absolute Gasteiger partial charge is 0.417 e. The number of pyridine rings is 1. The molecule has 0 amide bonds. The monoisotopic (exact) mass is 471 g/mol. The van der Waals surface area contributed by atoms with Crippen molar-refractivity contribution in [2.75, 3.05) is 18.0 Å². The molecule has 0 saturated carbocycles. The molecule has 0 unspecified atom stereocenters. The van der Waals surface area contributed by atoms with Gasteiger partial charge in [-0.1, -0.05) is 6.07 Å². The molecule has 0 aliphatic carbocycles. The molecule has 3 rings (SSSR count). The fourth-order valence-corrected chi connectivity index (χ4v) is 5.79. The Hall–Kier alpha value is -2.66. The second-order valence-electron chi connectivity index (χ2n) is 8.05. The highest BCUT2D eigenvalue weighted by atomic mass is 32.2. The Balaban J connectivity index is 1.84. The predicted octanol–water partition coefficient (Wildman–Crippen LogP) is 3.32. The van der Waals surface area contributed by atoms with Crippen LogP contribution in [-0.4, -0.2) is 54.0 Å². The van der Waals surface area contributed by atoms with Gasteiger partial charge in [-0.25, -0.2) is 13.4 Å². The molecule has 2 atom stereocenters. The average Bonchev–Trinajstić information content (AvgIpc) is 2.66. The summed E-state index contributed by atoms with van der Waals surface area (Å²) in [7, 11) is -3.90. The van der Waals surface area contributed by atoms with Crippen molar-refractivity contribution in [1.82, 2.24) is 9.29 Å². The molecule has 1 aromatic carbocycles. The molecular weight excluding hydrogens is 447 g/mol. The van der Waals surface area contributed by atoms with Crippen LogP contribution in [0.5, 0.6) is 0 Å². The number of rotatable bonds is 5. The maximum Gasteiger partial charge on any atom is 0.417 e. The van der Waals surface area contributed by atoms with E-state index in [1.807, 2.05) is 0 Å². The highest BCUT2D eigenvalue weighted by Crippen LogP contribution is 2.31. The van der Waals surface area contributed by atoms with Crippen LogP contribution < -0.4 is 4.90 Å². The zero-order valence-corrected chi connectivity index (χ0v) is 18.6. The summed E-state index contributed by atoms with van der Waals surface area (Å²) in [6.07, 6.45) is -4.00. The van der Waals surface area contributed by atoms with Gasteiger partial charge < -0.3 is 10.0 Å². The molecule has 1 aromatic heterocycles. The van der Waals surface area contributed by atoms with Crippen LogP contribution in [0.15, 0.2) is 41.4 Å². The van der Waals surface area contributed by atoms with Gasteiger partial charge in [0.15, 0.2) is 0 Å². The normalized spacial score (nSPS) is 20.4. The highest BCUT2D eigenvalue weighted by Gasteiger charge is 2.37. The molecule has 1 N–H and O–H groups in total. The highest BCUT2D eigenvalue weighted by molar-refractivity contribution is 7.89. The zero-order chi connectivity index (χ0) is 23.8. The SMILES string of the molecule is Cc1cc(CC(=O)O)cc(S(=O)(=O)N2C[C@@H](C)N(c3ccc(C(F)(F)F)cn3)[C@@H](C)C2)c1. The van der Waals surface area contributed by atoms with Crippen molar-refractivity contribution in [3.05, 3.63) is 53.2 Å². The number of aryl methyl sites for hydroxylation is 1. The predicted molar refractivity (Wildman–Crippen MR) is 112 cm³/mol. The number of alkyl halides is 3. The molecular formula is C21H24F3N3O4S. The summed E-state index contributed by atoms with van der Waals surface area (Å²) in [6, 6.07) is 6.06. The molecule has 0 bridgehead atoms. The van der Waals surface area contributed by atoms with E-state index in [-0.39, 0.29) is 36.5 Å². The fourth-order valence-electron chi connectivity index (χ4n) is 4.03. The van der Waals surface area contributed by atoms with Gasteiger partial charge in [-0.2, -0.15) is 17.5 Å². The lowest BCUT2D eigenvalue weighted by Gasteiger charge is -2.44. The van der Waals surface area contributed by atoms with E-state index in [4.69, 9.17) is 5.11 Å². The van der Waals surface area contributed by atoms with E-state index in [1.165, 1.54) is 22.5 Å². The number of carboxylic acids is 1. The topological polar surface area (TPSA) is 90.8 Å². The largest absolute Gasteiger partial charge is 0.481 e. The van der Waals surface area contributed by atoms with Gasteiger partial charge in [0.1, 0.15) is 5.82 Å². The van der Waals surface area contributed by atoms with E-state index in [9.17, 15) is 26.4 Å². The van der Waals surface area contributed by atoms with E-state index in [1.54, 1.807) is 31.7 Å². The van der Waals surface area contributed by atoms with Crippen molar-refractivity contribution in [2.45, 2.75) is 50.3 Å². The van der Waals surface area contributed by atoms with Gasteiger partial charge in [-0.15, -0.1) is 0 Å². The molecule has 7 nitrogen and oxygen atoms in total. The first kappa shape index (κ1) is 24.0. The first-order chi connectivity index (χ1) is 14.8. The van der Waals surface area contributed by atoms with Crippen LogP contribution in [0, 0.1) is 6.92 Å². The van der Waals surface area contributed by atoms with Gasteiger partial charge in [0.05, 0.1) is 16.9 Å². The second-order valence-corrected chi connectivity index (χ2v) is 9.99. The number of hydrogen-bond donors (Lipinski definition) is 1. The number of halogens is 3. The lowest BCUT2D eigenvalue weighted by Crippen LogP contribution is -2.58. The summed E-state index contributed by atoms with van der Waals surface area (Å²) < 4.78 is 66.4. The van der Waals surface area contributed by atoms with Crippen molar-refractivity contribution < 1.29 is 31.5 Å². The van der Waals surface area contributed by atoms with Crippen LogP contribution in [0.25, 0.3) is 0 Å². The number of benzene rings is 1. The first-order valence-electron chi connectivity index (χ1n) is 9.93. The van der Waals surface area contributed by atoms with Crippen LogP contribution >= 0.6 is 0 Å². The van der Waals surface area contributed by atoms with Crippen molar-refractivity contribution in [1.29, 1.82) is 0 Å². The summed E-state index contributed by atoms with van der Waals surface area (Å²) in [6.45, 7) is 5.48. The van der Waals surface area contributed by atoms with Gasteiger partial charge in [0.25, 0.3) is 0 Å². The molecule has 174 valence electrons. The summed E-state index contributed by atoms with van der Waals surface area (Å²) in [5.74, 6) is -0.715. The molecule has 11 heteroatoms. The molecule has 0 spiro atoms. The Kier molecular flexibility index (Phi) is 6.52. The van der Waals surface area contributed by atoms with E-state index < -0.39 is 27.7 Å². The molecule has 2 heterocycles. The molecule has 1 aliphatic rings. The zero-order valence-electron chi connectivity index (χ0n) is 17.8. The third kappa shape index (κ3) is 5.04. The van der Waals surface area contributed by atoms with E-state index in [2.05, 4.69) is 4.98 Å². The van der Waals surface area contributed by atoms with Crippen molar-refractivity contribution in [3.8, 4) is 0 Å². The van der Waals surface area contributed by atoms with Gasteiger partial charge >= 0.3 is 12.1 Å². The Morgan fingerprint density at radius 1 is 1.16 bits per heavy atom. The maximum atomic E-state index is 13.3. The summed E-state index contributed by atoms with van der Waals surface area (Å²) in [5, 5.41) is 9.04. The average molecular weight is 472 g/mol. The third-order valence-electron chi connectivity index (χ3n) is 5.33. The van der Waals surface area contributed by atoms with Crippen molar-refractivity contribution >= 4 is 21.8 Å². The molecule has 32 heavy (non-hydrogen) atoms. The Bertz CT molecular complexity index is 1090. The molecule has 1 saturated heterocycles. The minimum Gasteiger partial charge on any atom is -0.481 e. The van der Waals surface area contributed by atoms with Crippen LogP contribution in [0.2, 0.25) is 0 Å². The number of piperazine rings is 1. The van der Waals surface area contributed by atoms with Crippen molar-refractivity contribution in [3.63, 3.8) is 0 Å². The summed E-state index contributed by atoms with van der Waals surface area (Å²) in [4.78, 5) is 16.8. The number of aliphatic carboxylic acids is 1. The third-order valence-corrected chi connectivity index (χ3v) is 7.14. The standard InChI is InChI=1S/C21H24F3N3O4S/c1-13-6-16(9-20(28)29)8-18(7-13)32(30,31)26-11-14(2)27(15(3)12-26)19-5-4-17(10-25-19)21(22,23)24/h4-8,10,14-15H,9,11-12H2,1-3H3,(H,28,29)/t14-,15+. The number of carboxylic acid groups (broad SMARTS) is 1. The quantitative estimate of drug-likeness (QED) is 0.720. The lowest BCUT2D eigenvalue weighted by molar-refractivity contribution is -0.138. The van der Waals surface area contributed by atoms with E-state index in [0.717, 1.165) is 12.3 Å². The number of nitrogens with zero attached hydrogens (tertiary/aromatic N) is 3. The fraction of sp³-hybridized carbons (Fsp3) is 0.429. The molecule has 0 radical (unpaired) electrons. The van der Waals surface area contributed by atoms with Crippen LogP contribution in [0.3, 0.4) is 0 Å². The summed E-state index contributed by atoms with van der Waals surface area (Å²) >= 11 is 0. The number of carbonyl (C=O) groups is 1. The Morgan fingerprint density at radius 3 is 2.28 bits per heavy atom.